The van der Waals surface area contributed by atoms with E-state index in [4.69, 9.17) is 11.6 Å². The van der Waals surface area contributed by atoms with E-state index in [1.54, 1.807) is 0 Å². The smallest absolute Gasteiger partial charge is 0.0742 e. The van der Waals surface area contributed by atoms with Crippen LogP contribution in [0.4, 0.5) is 0 Å². The van der Waals surface area contributed by atoms with E-state index in [2.05, 4.69) is 41.3 Å². The third-order valence-corrected chi connectivity index (χ3v) is 4.93. The fourth-order valence-electron chi connectivity index (χ4n) is 3.44. The van der Waals surface area contributed by atoms with Gasteiger partial charge in [0.2, 0.25) is 0 Å². The van der Waals surface area contributed by atoms with Crippen LogP contribution in [0.25, 0.3) is 0 Å². The molecule has 1 saturated heterocycles. The number of hydrogen-bond acceptors (Lipinski definition) is 2. The first-order valence-electron chi connectivity index (χ1n) is 8.17. The highest BCUT2D eigenvalue weighted by molar-refractivity contribution is 6.30. The lowest BCUT2D eigenvalue weighted by atomic mass is 9.81. The summed E-state index contributed by atoms with van der Waals surface area (Å²) in [5.41, 5.74) is 2.42. The lowest BCUT2D eigenvalue weighted by Crippen LogP contribution is -2.35. The monoisotopic (exact) mass is 324 g/mol. The molecule has 2 aromatic carbocycles. The van der Waals surface area contributed by atoms with Gasteiger partial charge < -0.3 is 0 Å². The summed E-state index contributed by atoms with van der Waals surface area (Å²) in [5, 5.41) is 10.3. The Balaban J connectivity index is 1.60. The van der Waals surface area contributed by atoms with Gasteiger partial charge in [-0.15, -0.1) is 0 Å². The maximum Gasteiger partial charge on any atom is 0.0742 e. The van der Waals surface area contributed by atoms with Crippen molar-refractivity contribution in [2.24, 2.45) is 5.92 Å². The fraction of sp³-hybridized carbons (Fsp3) is 0.350. The van der Waals surface area contributed by atoms with Gasteiger partial charge >= 0.3 is 0 Å². The highest BCUT2D eigenvalue weighted by Gasteiger charge is 2.27. The third kappa shape index (κ3) is 4.13. The fourth-order valence-corrected chi connectivity index (χ4v) is 3.64. The van der Waals surface area contributed by atoms with Crippen LogP contribution < -0.4 is 0 Å². The van der Waals surface area contributed by atoms with E-state index in [1.807, 2.05) is 24.3 Å². The molecule has 0 spiro atoms. The van der Waals surface area contributed by atoms with Gasteiger partial charge in [-0.3, -0.25) is 4.90 Å². The molecule has 0 N–H and O–H groups in total. The van der Waals surface area contributed by atoms with Gasteiger partial charge in [-0.05, 0) is 55.1 Å². The van der Waals surface area contributed by atoms with Crippen LogP contribution in [-0.4, -0.2) is 18.0 Å². The summed E-state index contributed by atoms with van der Waals surface area (Å²) in [5.74, 6) is 0.373. The van der Waals surface area contributed by atoms with Crippen molar-refractivity contribution < 1.29 is 0 Å². The van der Waals surface area contributed by atoms with Gasteiger partial charge in [-0.1, -0.05) is 54.1 Å². The zero-order valence-electron chi connectivity index (χ0n) is 13.2. The Bertz CT molecular complexity index is 670. The second-order valence-corrected chi connectivity index (χ2v) is 6.70. The Morgan fingerprint density at radius 3 is 2.48 bits per heavy atom. The summed E-state index contributed by atoms with van der Waals surface area (Å²) in [6, 6.07) is 20.9. The number of piperidine rings is 1. The first kappa shape index (κ1) is 16.1. The maximum absolute atomic E-state index is 9.62. The Morgan fingerprint density at radius 2 is 1.83 bits per heavy atom. The zero-order valence-corrected chi connectivity index (χ0v) is 13.9. The Labute approximate surface area is 143 Å². The summed E-state index contributed by atoms with van der Waals surface area (Å²) < 4.78 is 0. The van der Waals surface area contributed by atoms with Crippen LogP contribution in [-0.2, 0) is 6.54 Å². The van der Waals surface area contributed by atoms with E-state index in [-0.39, 0.29) is 5.92 Å². The number of nitrogens with zero attached hydrogens (tertiary/aromatic N) is 2. The number of nitriles is 1. The van der Waals surface area contributed by atoms with Gasteiger partial charge in [-0.25, -0.2) is 0 Å². The predicted molar refractivity (Wildman–Crippen MR) is 94.2 cm³/mol. The molecule has 1 unspecified atom stereocenters. The molecule has 1 aliphatic heterocycles. The van der Waals surface area contributed by atoms with Crippen LogP contribution in [0, 0.1) is 17.2 Å². The van der Waals surface area contributed by atoms with Crippen LogP contribution in [0.3, 0.4) is 0 Å². The van der Waals surface area contributed by atoms with Gasteiger partial charge in [0.25, 0.3) is 0 Å². The quantitative estimate of drug-likeness (QED) is 0.803. The van der Waals surface area contributed by atoms with Crippen molar-refractivity contribution in [3.05, 3.63) is 70.7 Å². The van der Waals surface area contributed by atoms with Gasteiger partial charge in [0.15, 0.2) is 0 Å². The van der Waals surface area contributed by atoms with Gasteiger partial charge in [-0.2, -0.15) is 5.26 Å². The molecule has 2 aromatic rings. The number of benzene rings is 2. The lowest BCUT2D eigenvalue weighted by Gasteiger charge is -2.34. The average Bonchev–Trinajstić information content (AvgIpc) is 2.58. The summed E-state index contributed by atoms with van der Waals surface area (Å²) in [7, 11) is 0. The molecule has 0 aliphatic carbocycles. The molecule has 1 atom stereocenters. The molecule has 1 heterocycles. The molecular weight excluding hydrogens is 304 g/mol. The van der Waals surface area contributed by atoms with E-state index in [0.29, 0.717) is 10.9 Å². The third-order valence-electron chi connectivity index (χ3n) is 4.70. The van der Waals surface area contributed by atoms with E-state index in [9.17, 15) is 5.26 Å². The van der Waals surface area contributed by atoms with Crippen molar-refractivity contribution in [3.63, 3.8) is 0 Å². The summed E-state index contributed by atoms with van der Waals surface area (Å²) >= 11 is 6.08. The highest BCUT2D eigenvalue weighted by atomic mass is 35.5. The molecule has 0 bridgehead atoms. The van der Waals surface area contributed by atoms with Crippen LogP contribution in [0.5, 0.6) is 0 Å². The second kappa shape index (κ2) is 7.64. The van der Waals surface area contributed by atoms with Gasteiger partial charge in [0.05, 0.1) is 12.0 Å². The first-order valence-corrected chi connectivity index (χ1v) is 8.55. The molecule has 1 aliphatic rings. The first-order chi connectivity index (χ1) is 11.3. The van der Waals surface area contributed by atoms with Crippen molar-refractivity contribution in [1.29, 1.82) is 5.26 Å². The minimum absolute atomic E-state index is 0.0485. The molecule has 0 amide bonds. The molecule has 3 rings (SSSR count). The van der Waals surface area contributed by atoms with Crippen molar-refractivity contribution in [2.45, 2.75) is 25.3 Å². The molecular formula is C20H21ClN2. The SMILES string of the molecule is N#CC(c1cccc(Cl)c1)C1CCN(Cc2ccccc2)CC1. The average molecular weight is 325 g/mol. The van der Waals surface area contributed by atoms with Gasteiger partial charge in [0.1, 0.15) is 0 Å². The van der Waals surface area contributed by atoms with E-state index >= 15 is 0 Å². The van der Waals surface area contributed by atoms with Crippen molar-refractivity contribution in [3.8, 4) is 6.07 Å². The standard InChI is InChI=1S/C20H21ClN2/c21-19-8-4-7-18(13-19)20(14-22)17-9-11-23(12-10-17)15-16-5-2-1-3-6-16/h1-8,13,17,20H,9-12,15H2. The Morgan fingerprint density at radius 1 is 1.09 bits per heavy atom. The lowest BCUT2D eigenvalue weighted by molar-refractivity contribution is 0.171. The molecule has 0 aromatic heterocycles. The van der Waals surface area contributed by atoms with Crippen molar-refractivity contribution >= 4 is 11.6 Å². The predicted octanol–water partition coefficient (Wildman–Crippen LogP) is 4.86. The Kier molecular flexibility index (Phi) is 5.33. The minimum Gasteiger partial charge on any atom is -0.299 e. The van der Waals surface area contributed by atoms with Crippen LogP contribution in [0.1, 0.15) is 29.9 Å². The second-order valence-electron chi connectivity index (χ2n) is 6.26. The summed E-state index contributed by atoms with van der Waals surface area (Å²) in [6.45, 7) is 3.11. The van der Waals surface area contributed by atoms with Crippen LogP contribution in [0.2, 0.25) is 5.02 Å². The van der Waals surface area contributed by atoms with Crippen molar-refractivity contribution in [1.82, 2.24) is 4.90 Å². The minimum atomic E-state index is -0.0485. The van der Waals surface area contributed by atoms with Crippen LogP contribution >= 0.6 is 11.6 Å². The molecule has 0 radical (unpaired) electrons. The van der Waals surface area contributed by atoms with E-state index in [0.717, 1.165) is 38.0 Å². The molecule has 3 heteroatoms. The van der Waals surface area contributed by atoms with Crippen molar-refractivity contribution in [2.75, 3.05) is 13.1 Å². The molecule has 0 saturated carbocycles. The topological polar surface area (TPSA) is 27.0 Å². The highest BCUT2D eigenvalue weighted by Crippen LogP contribution is 2.33. The largest absolute Gasteiger partial charge is 0.299 e. The molecule has 1 fully saturated rings. The molecule has 23 heavy (non-hydrogen) atoms. The maximum atomic E-state index is 9.62. The molecule has 118 valence electrons. The Hall–Kier alpha value is -1.82. The number of likely N-dealkylation sites (tertiary alicyclic amines) is 1. The number of hydrogen-bond donors (Lipinski definition) is 0. The summed E-state index contributed by atoms with van der Waals surface area (Å²) in [4.78, 5) is 2.48. The van der Waals surface area contributed by atoms with E-state index in [1.165, 1.54) is 5.56 Å². The number of rotatable bonds is 4. The van der Waals surface area contributed by atoms with Gasteiger partial charge in [0, 0.05) is 11.6 Å². The van der Waals surface area contributed by atoms with Crippen LogP contribution in [0.15, 0.2) is 54.6 Å². The molecule has 2 nitrogen and oxygen atoms in total. The normalized spacial score (nSPS) is 17.6. The zero-order chi connectivity index (χ0) is 16.1. The van der Waals surface area contributed by atoms with E-state index < -0.39 is 0 Å². The number of halogens is 1. The summed E-state index contributed by atoms with van der Waals surface area (Å²) in [6.07, 6.45) is 2.13.